The van der Waals surface area contributed by atoms with E-state index in [4.69, 9.17) is 11.2 Å². The molecule has 0 atom stereocenters. The van der Waals surface area contributed by atoms with Gasteiger partial charge in [0.1, 0.15) is 5.75 Å². The second kappa shape index (κ2) is 11.9. The molecule has 0 saturated heterocycles. The molecule has 0 fully saturated rings. The molecule has 4 aromatic rings. The summed E-state index contributed by atoms with van der Waals surface area (Å²) in [6.07, 6.45) is 5.42. The fraction of sp³-hybridized carbons (Fsp3) is 0.100. The van der Waals surface area contributed by atoms with E-state index in [2.05, 4.69) is 54.5 Å². The second-order valence-electron chi connectivity index (χ2n) is 7.96. The molecule has 0 amide bonds. The van der Waals surface area contributed by atoms with E-state index in [0.717, 1.165) is 4.31 Å². The highest BCUT2D eigenvalue weighted by Gasteiger charge is 2.27. The first-order chi connectivity index (χ1) is 17.7. The Morgan fingerprint density at radius 3 is 1.81 bits per heavy atom. The third kappa shape index (κ3) is 6.18. The van der Waals surface area contributed by atoms with Crippen molar-refractivity contribution in [3.05, 3.63) is 114 Å². The van der Waals surface area contributed by atoms with E-state index >= 15 is 0 Å². The summed E-state index contributed by atoms with van der Waals surface area (Å²) in [4.78, 5) is 11.5. The highest BCUT2D eigenvalue weighted by Crippen LogP contribution is 2.31. The summed E-state index contributed by atoms with van der Waals surface area (Å²) in [5.41, 5.74) is 3.28. The van der Waals surface area contributed by atoms with E-state index in [-0.39, 0.29) is 16.1 Å². The standard InChI is InChI=1S/C18H17NO5S.C12H10/c1-5-13-6-11-16(18(20)21)17(12(13)2)19(3)25(22,23)15-9-7-14(24-4)8-10-15;1-3-7-11(8-4-1)12-9-5-2-6-10-12/h1,6-11H,2-4H3,(H,20,21);1-10H. The van der Waals surface area contributed by atoms with Crippen LogP contribution in [0.15, 0.2) is 102 Å². The average Bonchev–Trinajstić information content (AvgIpc) is 2.93. The fourth-order valence-electron chi connectivity index (χ4n) is 3.72. The highest BCUT2D eigenvalue weighted by molar-refractivity contribution is 7.92. The van der Waals surface area contributed by atoms with Crippen LogP contribution in [0.5, 0.6) is 5.75 Å². The van der Waals surface area contributed by atoms with Crippen LogP contribution in [-0.2, 0) is 10.0 Å². The molecule has 0 radical (unpaired) electrons. The number of carbonyl (C=O) groups is 1. The maximum atomic E-state index is 12.9. The van der Waals surface area contributed by atoms with Gasteiger partial charge in [0.15, 0.2) is 0 Å². The molecule has 0 aliphatic carbocycles. The van der Waals surface area contributed by atoms with Crippen LogP contribution in [0.3, 0.4) is 0 Å². The number of terminal acetylenes is 1. The van der Waals surface area contributed by atoms with Crippen LogP contribution < -0.4 is 9.04 Å². The normalized spacial score (nSPS) is 10.4. The quantitative estimate of drug-likeness (QED) is 0.327. The molecule has 1 N–H and O–H groups in total. The molecule has 7 heteroatoms. The number of sulfonamides is 1. The van der Waals surface area contributed by atoms with Gasteiger partial charge in [-0.25, -0.2) is 13.2 Å². The first-order valence-electron chi connectivity index (χ1n) is 11.3. The van der Waals surface area contributed by atoms with E-state index in [1.807, 2.05) is 12.1 Å². The molecule has 4 aromatic carbocycles. The third-order valence-corrected chi connectivity index (χ3v) is 7.50. The Morgan fingerprint density at radius 2 is 1.38 bits per heavy atom. The molecule has 0 heterocycles. The van der Waals surface area contributed by atoms with Crippen LogP contribution in [0.1, 0.15) is 21.5 Å². The van der Waals surface area contributed by atoms with Crippen molar-refractivity contribution < 1.29 is 23.1 Å². The Kier molecular flexibility index (Phi) is 8.72. The number of rotatable bonds is 6. The number of nitrogens with zero attached hydrogens (tertiary/aromatic N) is 1. The first-order valence-corrected chi connectivity index (χ1v) is 12.7. The maximum Gasteiger partial charge on any atom is 0.337 e. The first kappa shape index (κ1) is 27.1. The Balaban J connectivity index is 0.000000262. The van der Waals surface area contributed by atoms with Gasteiger partial charge in [0.2, 0.25) is 0 Å². The van der Waals surface area contributed by atoms with E-state index in [1.165, 1.54) is 61.7 Å². The summed E-state index contributed by atoms with van der Waals surface area (Å²) in [5.74, 6) is 1.71. The van der Waals surface area contributed by atoms with Crippen molar-refractivity contribution in [3.63, 3.8) is 0 Å². The maximum absolute atomic E-state index is 12.9. The number of carboxylic acids is 1. The van der Waals surface area contributed by atoms with Gasteiger partial charge in [0, 0.05) is 12.6 Å². The Hall–Kier alpha value is -4.54. The predicted octanol–water partition coefficient (Wildman–Crippen LogP) is 5.86. The van der Waals surface area contributed by atoms with Gasteiger partial charge in [-0.05, 0) is 60.0 Å². The number of anilines is 1. The molecular formula is C30H27NO5S. The number of ether oxygens (including phenoxy) is 1. The summed E-state index contributed by atoms with van der Waals surface area (Å²) in [6.45, 7) is 1.59. The van der Waals surface area contributed by atoms with E-state index in [1.54, 1.807) is 6.92 Å². The van der Waals surface area contributed by atoms with Crippen LogP contribution in [0.25, 0.3) is 11.1 Å². The molecule has 188 valence electrons. The number of carboxylic acid groups (broad SMARTS) is 1. The van der Waals surface area contributed by atoms with Gasteiger partial charge in [-0.15, -0.1) is 6.42 Å². The summed E-state index contributed by atoms with van der Waals surface area (Å²) < 4.78 is 31.8. The van der Waals surface area contributed by atoms with Crippen molar-refractivity contribution in [2.24, 2.45) is 0 Å². The molecular weight excluding hydrogens is 486 g/mol. The van der Waals surface area contributed by atoms with Gasteiger partial charge in [-0.3, -0.25) is 4.31 Å². The number of benzene rings is 4. The SMILES string of the molecule is C#Cc1ccc(C(=O)O)c(N(C)S(=O)(=O)c2ccc(OC)cc2)c1C.c1ccc(-c2ccccc2)cc1. The minimum Gasteiger partial charge on any atom is -0.497 e. The zero-order chi connectivity index (χ0) is 27.0. The van der Waals surface area contributed by atoms with Gasteiger partial charge in [-0.2, -0.15) is 0 Å². The van der Waals surface area contributed by atoms with Crippen LogP contribution in [-0.4, -0.2) is 33.7 Å². The minimum atomic E-state index is -3.97. The van der Waals surface area contributed by atoms with Gasteiger partial charge in [0.25, 0.3) is 10.0 Å². The summed E-state index contributed by atoms with van der Waals surface area (Å²) in [6, 6.07) is 29.4. The van der Waals surface area contributed by atoms with E-state index < -0.39 is 16.0 Å². The topological polar surface area (TPSA) is 83.9 Å². The lowest BCUT2D eigenvalue weighted by Gasteiger charge is -2.24. The fourth-order valence-corrected chi connectivity index (χ4v) is 4.99. The lowest BCUT2D eigenvalue weighted by atomic mass is 10.0. The molecule has 0 bridgehead atoms. The molecule has 4 rings (SSSR count). The molecule has 0 saturated carbocycles. The van der Waals surface area contributed by atoms with Crippen molar-refractivity contribution in [2.45, 2.75) is 11.8 Å². The lowest BCUT2D eigenvalue weighted by Crippen LogP contribution is -2.29. The molecule has 37 heavy (non-hydrogen) atoms. The minimum absolute atomic E-state index is 0.0117. The van der Waals surface area contributed by atoms with Crippen LogP contribution in [0, 0.1) is 19.3 Å². The molecule has 0 spiro atoms. The smallest absolute Gasteiger partial charge is 0.337 e. The van der Waals surface area contributed by atoms with Crippen LogP contribution >= 0.6 is 0 Å². The Bertz CT molecular complexity index is 1470. The van der Waals surface area contributed by atoms with Crippen molar-refractivity contribution in [2.75, 3.05) is 18.5 Å². The molecule has 0 aliphatic rings. The molecule has 6 nitrogen and oxygen atoms in total. The monoisotopic (exact) mass is 513 g/mol. The molecule has 0 aliphatic heterocycles. The number of aromatic carboxylic acids is 1. The summed E-state index contributed by atoms with van der Waals surface area (Å²) in [7, 11) is -1.20. The number of hydrogen-bond acceptors (Lipinski definition) is 4. The van der Waals surface area contributed by atoms with Crippen molar-refractivity contribution in [3.8, 4) is 29.2 Å². The predicted molar refractivity (Wildman–Crippen MR) is 147 cm³/mol. The zero-order valence-electron chi connectivity index (χ0n) is 20.8. The van der Waals surface area contributed by atoms with Gasteiger partial charge >= 0.3 is 5.97 Å². The van der Waals surface area contributed by atoms with Gasteiger partial charge in [-0.1, -0.05) is 66.6 Å². The summed E-state index contributed by atoms with van der Waals surface area (Å²) in [5, 5.41) is 9.42. The van der Waals surface area contributed by atoms with E-state index in [0.29, 0.717) is 16.9 Å². The third-order valence-electron chi connectivity index (χ3n) is 5.73. The van der Waals surface area contributed by atoms with E-state index in [9.17, 15) is 18.3 Å². The Morgan fingerprint density at radius 1 is 0.865 bits per heavy atom. The largest absolute Gasteiger partial charge is 0.497 e. The van der Waals surface area contributed by atoms with Crippen molar-refractivity contribution >= 4 is 21.7 Å². The van der Waals surface area contributed by atoms with Gasteiger partial charge < -0.3 is 9.84 Å². The van der Waals surface area contributed by atoms with Gasteiger partial charge in [0.05, 0.1) is 23.3 Å². The second-order valence-corrected chi connectivity index (χ2v) is 9.93. The van der Waals surface area contributed by atoms with Crippen LogP contribution in [0.2, 0.25) is 0 Å². The highest BCUT2D eigenvalue weighted by atomic mass is 32.2. The van der Waals surface area contributed by atoms with Crippen molar-refractivity contribution in [1.29, 1.82) is 0 Å². The number of methoxy groups -OCH3 is 1. The zero-order valence-corrected chi connectivity index (χ0v) is 21.6. The molecule has 0 unspecified atom stereocenters. The summed E-state index contributed by atoms with van der Waals surface area (Å²) >= 11 is 0. The average molecular weight is 514 g/mol. The van der Waals surface area contributed by atoms with Crippen molar-refractivity contribution in [1.82, 2.24) is 0 Å². The lowest BCUT2D eigenvalue weighted by molar-refractivity contribution is 0.0697. The number of hydrogen-bond donors (Lipinski definition) is 1. The molecule has 0 aromatic heterocycles. The van der Waals surface area contributed by atoms with Crippen LogP contribution in [0.4, 0.5) is 5.69 Å². The Labute approximate surface area is 217 Å².